The van der Waals surface area contributed by atoms with Gasteiger partial charge in [0.2, 0.25) is 0 Å². The van der Waals surface area contributed by atoms with Crippen LogP contribution in [0.5, 0.6) is 0 Å². The Labute approximate surface area is 108 Å². The Kier molecular flexibility index (Phi) is 3.60. The molecule has 1 atom stereocenters. The van der Waals surface area contributed by atoms with Crippen molar-refractivity contribution in [1.29, 1.82) is 0 Å². The predicted molar refractivity (Wildman–Crippen MR) is 69.3 cm³/mol. The van der Waals surface area contributed by atoms with E-state index in [0.717, 1.165) is 11.1 Å². The fourth-order valence-electron chi connectivity index (χ4n) is 1.78. The van der Waals surface area contributed by atoms with Gasteiger partial charge in [0.05, 0.1) is 0 Å². The lowest BCUT2D eigenvalue weighted by Crippen LogP contribution is -2.03. The Bertz CT molecular complexity index is 539. The fraction of sp³-hybridized carbons (Fsp3) is 0.143. The number of aryl methyl sites for hydroxylation is 1. The van der Waals surface area contributed by atoms with Crippen molar-refractivity contribution < 1.29 is 9.50 Å². The van der Waals surface area contributed by atoms with Crippen LogP contribution in [-0.2, 0) is 0 Å². The van der Waals surface area contributed by atoms with Gasteiger partial charge in [0.1, 0.15) is 11.9 Å². The third-order valence-electron chi connectivity index (χ3n) is 2.74. The molecule has 0 aliphatic carbocycles. The van der Waals surface area contributed by atoms with Crippen LogP contribution in [0.2, 0.25) is 0 Å². The number of aliphatic hydroxyl groups is 1. The first-order chi connectivity index (χ1) is 8.09. The van der Waals surface area contributed by atoms with E-state index in [1.54, 1.807) is 6.07 Å². The van der Waals surface area contributed by atoms with Crippen LogP contribution >= 0.6 is 15.9 Å². The Morgan fingerprint density at radius 3 is 2.47 bits per heavy atom. The van der Waals surface area contributed by atoms with Crippen LogP contribution in [0.4, 0.5) is 4.39 Å². The molecule has 1 nitrogen and oxygen atoms in total. The van der Waals surface area contributed by atoms with E-state index in [1.807, 2.05) is 31.2 Å². The molecular weight excluding hydrogens is 283 g/mol. The highest BCUT2D eigenvalue weighted by Gasteiger charge is 2.15. The molecule has 2 rings (SSSR count). The highest BCUT2D eigenvalue weighted by Crippen LogP contribution is 2.30. The number of aliphatic hydroxyl groups excluding tert-OH is 1. The smallest absolute Gasteiger partial charge is 0.124 e. The number of rotatable bonds is 2. The summed E-state index contributed by atoms with van der Waals surface area (Å²) in [6, 6.07) is 11.9. The molecule has 0 aromatic heterocycles. The van der Waals surface area contributed by atoms with Crippen LogP contribution in [0.25, 0.3) is 0 Å². The monoisotopic (exact) mass is 294 g/mol. The quantitative estimate of drug-likeness (QED) is 0.888. The standard InChI is InChI=1S/C14H12BrFO/c1-9-4-2-3-5-11(9)14(17)12-7-6-10(16)8-13(12)15/h2-8,14,17H,1H3. The second-order valence-electron chi connectivity index (χ2n) is 3.92. The normalized spacial score (nSPS) is 12.5. The van der Waals surface area contributed by atoms with E-state index in [-0.39, 0.29) is 5.82 Å². The molecule has 3 heteroatoms. The first-order valence-corrected chi connectivity index (χ1v) is 6.07. The van der Waals surface area contributed by atoms with Gasteiger partial charge in [-0.2, -0.15) is 0 Å². The van der Waals surface area contributed by atoms with E-state index in [9.17, 15) is 9.50 Å². The van der Waals surface area contributed by atoms with Gasteiger partial charge >= 0.3 is 0 Å². The average Bonchev–Trinajstić information content (AvgIpc) is 2.29. The number of halogens is 2. The third-order valence-corrected chi connectivity index (χ3v) is 3.43. The van der Waals surface area contributed by atoms with Gasteiger partial charge in [-0.1, -0.05) is 46.3 Å². The van der Waals surface area contributed by atoms with Crippen molar-refractivity contribution in [2.75, 3.05) is 0 Å². The Morgan fingerprint density at radius 2 is 1.82 bits per heavy atom. The van der Waals surface area contributed by atoms with Crippen molar-refractivity contribution in [3.8, 4) is 0 Å². The summed E-state index contributed by atoms with van der Waals surface area (Å²) in [6.07, 6.45) is -0.744. The van der Waals surface area contributed by atoms with Crippen molar-refractivity contribution in [3.05, 3.63) is 69.4 Å². The molecule has 17 heavy (non-hydrogen) atoms. The van der Waals surface area contributed by atoms with Crippen LogP contribution in [0.15, 0.2) is 46.9 Å². The molecule has 88 valence electrons. The number of hydrogen-bond acceptors (Lipinski definition) is 1. The summed E-state index contributed by atoms with van der Waals surface area (Å²) in [7, 11) is 0. The maximum absolute atomic E-state index is 13.0. The van der Waals surface area contributed by atoms with Gasteiger partial charge in [-0.05, 0) is 35.7 Å². The highest BCUT2D eigenvalue weighted by atomic mass is 79.9. The van der Waals surface area contributed by atoms with Gasteiger partial charge in [-0.25, -0.2) is 4.39 Å². The minimum Gasteiger partial charge on any atom is -0.384 e. The van der Waals surface area contributed by atoms with Crippen molar-refractivity contribution >= 4 is 15.9 Å². The first kappa shape index (κ1) is 12.3. The van der Waals surface area contributed by atoms with Gasteiger partial charge in [0.25, 0.3) is 0 Å². The summed E-state index contributed by atoms with van der Waals surface area (Å²) < 4.78 is 13.6. The highest BCUT2D eigenvalue weighted by molar-refractivity contribution is 9.10. The molecule has 0 radical (unpaired) electrons. The number of benzene rings is 2. The summed E-state index contributed by atoms with van der Waals surface area (Å²) in [6.45, 7) is 1.94. The van der Waals surface area contributed by atoms with Crippen LogP contribution in [0.1, 0.15) is 22.8 Å². The molecule has 0 saturated heterocycles. The zero-order valence-electron chi connectivity index (χ0n) is 9.32. The zero-order valence-corrected chi connectivity index (χ0v) is 10.9. The second kappa shape index (κ2) is 4.98. The van der Waals surface area contributed by atoms with Crippen molar-refractivity contribution in [2.24, 2.45) is 0 Å². The molecule has 1 N–H and O–H groups in total. The minimum atomic E-state index is -0.744. The molecule has 0 bridgehead atoms. The van der Waals surface area contributed by atoms with E-state index in [0.29, 0.717) is 10.0 Å². The van der Waals surface area contributed by atoms with E-state index < -0.39 is 6.10 Å². The molecule has 0 heterocycles. The van der Waals surface area contributed by atoms with Crippen molar-refractivity contribution in [3.63, 3.8) is 0 Å². The van der Waals surface area contributed by atoms with E-state index in [1.165, 1.54) is 12.1 Å². The zero-order chi connectivity index (χ0) is 12.4. The van der Waals surface area contributed by atoms with E-state index >= 15 is 0 Å². The Morgan fingerprint density at radius 1 is 1.12 bits per heavy atom. The Hall–Kier alpha value is -1.19. The second-order valence-corrected chi connectivity index (χ2v) is 4.78. The molecule has 1 unspecified atom stereocenters. The Balaban J connectivity index is 2.44. The van der Waals surface area contributed by atoms with Gasteiger partial charge in [-0.15, -0.1) is 0 Å². The predicted octanol–water partition coefficient (Wildman–Crippen LogP) is 3.98. The lowest BCUT2D eigenvalue weighted by Gasteiger charge is -2.15. The summed E-state index contributed by atoms with van der Waals surface area (Å²) in [5, 5.41) is 10.3. The summed E-state index contributed by atoms with van der Waals surface area (Å²) >= 11 is 3.27. The third kappa shape index (κ3) is 2.56. The van der Waals surface area contributed by atoms with E-state index in [2.05, 4.69) is 15.9 Å². The molecule has 0 aliphatic heterocycles. The minimum absolute atomic E-state index is 0.322. The van der Waals surface area contributed by atoms with Gasteiger partial charge in [-0.3, -0.25) is 0 Å². The molecule has 0 amide bonds. The van der Waals surface area contributed by atoms with Gasteiger partial charge < -0.3 is 5.11 Å². The lowest BCUT2D eigenvalue weighted by molar-refractivity contribution is 0.218. The van der Waals surface area contributed by atoms with Crippen LogP contribution in [-0.4, -0.2) is 5.11 Å². The maximum atomic E-state index is 13.0. The van der Waals surface area contributed by atoms with E-state index in [4.69, 9.17) is 0 Å². The molecule has 2 aromatic rings. The largest absolute Gasteiger partial charge is 0.384 e. The molecule has 0 saturated carbocycles. The summed E-state index contributed by atoms with van der Waals surface area (Å²) in [5.74, 6) is -0.322. The molecular formula is C14H12BrFO. The van der Waals surface area contributed by atoms with Crippen LogP contribution in [0.3, 0.4) is 0 Å². The summed E-state index contributed by atoms with van der Waals surface area (Å²) in [4.78, 5) is 0. The average molecular weight is 295 g/mol. The summed E-state index contributed by atoms with van der Waals surface area (Å²) in [5.41, 5.74) is 2.51. The van der Waals surface area contributed by atoms with Crippen molar-refractivity contribution in [1.82, 2.24) is 0 Å². The van der Waals surface area contributed by atoms with Crippen LogP contribution in [0, 0.1) is 12.7 Å². The van der Waals surface area contributed by atoms with Gasteiger partial charge in [0, 0.05) is 4.47 Å². The number of hydrogen-bond donors (Lipinski definition) is 1. The molecule has 2 aromatic carbocycles. The fourth-order valence-corrected chi connectivity index (χ4v) is 2.35. The first-order valence-electron chi connectivity index (χ1n) is 5.28. The maximum Gasteiger partial charge on any atom is 0.124 e. The molecule has 0 fully saturated rings. The molecule has 0 aliphatic rings. The lowest BCUT2D eigenvalue weighted by atomic mass is 9.98. The topological polar surface area (TPSA) is 20.2 Å². The van der Waals surface area contributed by atoms with Crippen molar-refractivity contribution in [2.45, 2.75) is 13.0 Å². The van der Waals surface area contributed by atoms with Gasteiger partial charge in [0.15, 0.2) is 0 Å². The van der Waals surface area contributed by atoms with Crippen LogP contribution < -0.4 is 0 Å². The molecule has 0 spiro atoms. The SMILES string of the molecule is Cc1ccccc1C(O)c1ccc(F)cc1Br.